The minimum absolute atomic E-state index is 0.0271. The van der Waals surface area contributed by atoms with Gasteiger partial charge in [-0.25, -0.2) is 22.8 Å². The smallest absolute Gasteiger partial charge is 0.410 e. The lowest BCUT2D eigenvalue weighted by Gasteiger charge is -2.45. The van der Waals surface area contributed by atoms with Gasteiger partial charge in [0, 0.05) is 57.3 Å². The third-order valence-corrected chi connectivity index (χ3v) is 15.1. The molecule has 15 nitrogen and oxygen atoms in total. The SMILES string of the molecule is COC(=O)[C@@H]1C[C@@H](n2ncc3c(N4C[C@H](C)N(C(=O)OC(C)(C)C)[C@@H](C)C4)cc(S(=O)(=O)N(COCC[Si](C)(C)C)C4(C)CC4)cc32)CN1C(=O)OCc1ccccc1. The summed E-state index contributed by atoms with van der Waals surface area (Å²) in [6.07, 6.45) is 2.24. The summed E-state index contributed by atoms with van der Waals surface area (Å²) in [5, 5.41) is 5.52. The fourth-order valence-corrected chi connectivity index (χ4v) is 10.5. The molecule has 1 aromatic heterocycles. The first-order valence-electron chi connectivity index (χ1n) is 20.6. The van der Waals surface area contributed by atoms with Gasteiger partial charge in [-0.1, -0.05) is 50.0 Å². The number of anilines is 1. The minimum Gasteiger partial charge on any atom is -0.467 e. The number of esters is 1. The van der Waals surface area contributed by atoms with Gasteiger partial charge in [0.1, 0.15) is 25.0 Å². The number of fused-ring (bicyclic) bond motifs is 1. The summed E-state index contributed by atoms with van der Waals surface area (Å²) in [6, 6.07) is 11.5. The van der Waals surface area contributed by atoms with Crippen molar-refractivity contribution in [2.75, 3.05) is 45.0 Å². The highest BCUT2D eigenvalue weighted by atomic mass is 32.2. The number of benzene rings is 2. The number of amides is 2. The zero-order valence-electron chi connectivity index (χ0n) is 36.3. The van der Waals surface area contributed by atoms with E-state index in [1.54, 1.807) is 27.9 Å². The van der Waals surface area contributed by atoms with Crippen LogP contribution in [-0.4, -0.2) is 128 Å². The van der Waals surface area contributed by atoms with E-state index in [0.29, 0.717) is 49.1 Å². The molecule has 324 valence electrons. The first-order chi connectivity index (χ1) is 27.6. The van der Waals surface area contributed by atoms with E-state index in [1.807, 2.05) is 71.9 Å². The molecule has 0 spiro atoms. The van der Waals surface area contributed by atoms with Crippen LogP contribution in [0.15, 0.2) is 53.6 Å². The largest absolute Gasteiger partial charge is 0.467 e. The number of rotatable bonds is 13. The van der Waals surface area contributed by atoms with Crippen molar-refractivity contribution in [1.82, 2.24) is 23.9 Å². The van der Waals surface area contributed by atoms with E-state index >= 15 is 0 Å². The Bertz CT molecular complexity index is 2100. The minimum atomic E-state index is -4.13. The Morgan fingerprint density at radius 2 is 1.64 bits per heavy atom. The molecule has 1 saturated carbocycles. The summed E-state index contributed by atoms with van der Waals surface area (Å²) in [7, 11) is -4.28. The first-order valence-corrected chi connectivity index (χ1v) is 25.7. The monoisotopic (exact) mass is 854 g/mol. The van der Waals surface area contributed by atoms with Crippen molar-refractivity contribution < 1.29 is 41.7 Å². The van der Waals surface area contributed by atoms with Crippen LogP contribution < -0.4 is 4.90 Å². The van der Waals surface area contributed by atoms with Crippen LogP contribution in [0, 0.1) is 0 Å². The Hall–Kier alpha value is -4.19. The summed E-state index contributed by atoms with van der Waals surface area (Å²) in [6.45, 7) is 19.5. The van der Waals surface area contributed by atoms with Crippen molar-refractivity contribution in [3.63, 3.8) is 0 Å². The number of piperazine rings is 1. The molecule has 0 unspecified atom stereocenters. The predicted octanol–water partition coefficient (Wildman–Crippen LogP) is 6.85. The maximum Gasteiger partial charge on any atom is 0.410 e. The quantitative estimate of drug-likeness (QED) is 0.0584. The highest BCUT2D eigenvalue weighted by molar-refractivity contribution is 7.89. The lowest BCUT2D eigenvalue weighted by molar-refractivity contribution is -0.145. The molecule has 4 atom stereocenters. The summed E-state index contributed by atoms with van der Waals surface area (Å²) in [5.74, 6) is -0.585. The number of methoxy groups -OCH3 is 1. The average molecular weight is 855 g/mol. The summed E-state index contributed by atoms with van der Waals surface area (Å²) in [4.78, 5) is 45.3. The van der Waals surface area contributed by atoms with Crippen molar-refractivity contribution in [3.8, 4) is 0 Å². The summed E-state index contributed by atoms with van der Waals surface area (Å²) in [5.41, 5.74) is 0.731. The number of carbonyl (C=O) groups is 3. The van der Waals surface area contributed by atoms with Crippen LogP contribution in [0.4, 0.5) is 15.3 Å². The van der Waals surface area contributed by atoms with Gasteiger partial charge in [0.2, 0.25) is 10.0 Å². The Kier molecular flexibility index (Phi) is 12.8. The van der Waals surface area contributed by atoms with Crippen LogP contribution in [0.5, 0.6) is 0 Å². The highest BCUT2D eigenvalue weighted by Gasteiger charge is 2.50. The van der Waals surface area contributed by atoms with E-state index in [2.05, 4.69) is 24.5 Å². The molecule has 1 aliphatic carbocycles. The van der Waals surface area contributed by atoms with Crippen molar-refractivity contribution in [1.29, 1.82) is 0 Å². The number of sulfonamides is 1. The molecule has 6 rings (SSSR count). The number of ether oxygens (including phenoxy) is 4. The van der Waals surface area contributed by atoms with Crippen LogP contribution in [0.1, 0.15) is 72.4 Å². The van der Waals surface area contributed by atoms with Gasteiger partial charge in [-0.3, -0.25) is 14.5 Å². The molecule has 59 heavy (non-hydrogen) atoms. The Labute approximate surface area is 349 Å². The molecule has 3 aromatic rings. The van der Waals surface area contributed by atoms with Gasteiger partial charge in [0.05, 0.1) is 41.8 Å². The second-order valence-corrected chi connectivity index (χ2v) is 26.3. The number of carbonyl (C=O) groups excluding carboxylic acids is 3. The van der Waals surface area contributed by atoms with Gasteiger partial charge in [-0.15, -0.1) is 0 Å². The van der Waals surface area contributed by atoms with Crippen molar-refractivity contribution >= 4 is 52.8 Å². The molecule has 0 N–H and O–H groups in total. The van der Waals surface area contributed by atoms with Crippen LogP contribution in [0.2, 0.25) is 25.7 Å². The molecule has 3 aliphatic rings. The normalized spacial score (nSPS) is 22.2. The second kappa shape index (κ2) is 17.1. The molecule has 3 fully saturated rings. The van der Waals surface area contributed by atoms with Gasteiger partial charge >= 0.3 is 18.2 Å². The number of likely N-dealkylation sites (tertiary alicyclic amines) is 1. The Morgan fingerprint density at radius 1 is 0.983 bits per heavy atom. The third-order valence-electron chi connectivity index (χ3n) is 11.4. The van der Waals surface area contributed by atoms with Crippen molar-refractivity contribution in [2.45, 2.75) is 133 Å². The average Bonchev–Trinajstić information content (AvgIpc) is 3.52. The topological polar surface area (TPSA) is 153 Å². The second-order valence-electron chi connectivity index (χ2n) is 18.8. The van der Waals surface area contributed by atoms with Gasteiger partial charge < -0.3 is 23.8 Å². The molecule has 2 amide bonds. The number of hydrogen-bond acceptors (Lipinski definition) is 11. The van der Waals surface area contributed by atoms with Crippen LogP contribution in [-0.2, 0) is 40.4 Å². The van der Waals surface area contributed by atoms with E-state index in [1.165, 1.54) is 16.3 Å². The van der Waals surface area contributed by atoms with E-state index in [9.17, 15) is 22.8 Å². The Morgan fingerprint density at radius 3 is 2.24 bits per heavy atom. The molecule has 2 saturated heterocycles. The molecule has 0 radical (unpaired) electrons. The third kappa shape index (κ3) is 10.1. The number of aromatic nitrogens is 2. The molecular formula is C42H62N6O9SSi. The predicted molar refractivity (Wildman–Crippen MR) is 227 cm³/mol. The molecule has 3 heterocycles. The molecular weight excluding hydrogens is 793 g/mol. The molecule has 2 aliphatic heterocycles. The number of hydrogen-bond donors (Lipinski definition) is 0. The zero-order valence-corrected chi connectivity index (χ0v) is 38.1. The lowest BCUT2D eigenvalue weighted by Crippen LogP contribution is -2.59. The van der Waals surface area contributed by atoms with Gasteiger partial charge in [-0.2, -0.15) is 9.40 Å². The highest BCUT2D eigenvalue weighted by Crippen LogP contribution is 2.45. The molecule has 2 aromatic carbocycles. The van der Waals surface area contributed by atoms with E-state index < -0.39 is 59.5 Å². The van der Waals surface area contributed by atoms with Crippen LogP contribution in [0.25, 0.3) is 10.9 Å². The van der Waals surface area contributed by atoms with E-state index in [-0.39, 0.29) is 43.3 Å². The summed E-state index contributed by atoms with van der Waals surface area (Å²) >= 11 is 0. The Balaban J connectivity index is 1.38. The maximum absolute atomic E-state index is 15.0. The molecule has 0 bridgehead atoms. The fraction of sp³-hybridized carbons (Fsp3) is 0.619. The van der Waals surface area contributed by atoms with Crippen LogP contribution in [0.3, 0.4) is 0 Å². The van der Waals surface area contributed by atoms with Crippen molar-refractivity contribution in [3.05, 3.63) is 54.2 Å². The van der Waals surface area contributed by atoms with Gasteiger partial charge in [-0.05, 0) is 78.1 Å². The zero-order chi connectivity index (χ0) is 43.1. The maximum atomic E-state index is 15.0. The lowest BCUT2D eigenvalue weighted by atomic mass is 10.1. The van der Waals surface area contributed by atoms with E-state index in [4.69, 9.17) is 24.0 Å². The number of nitrogens with zero attached hydrogens (tertiary/aromatic N) is 6. The molecule has 17 heteroatoms. The van der Waals surface area contributed by atoms with Gasteiger partial charge in [0.15, 0.2) is 0 Å². The van der Waals surface area contributed by atoms with E-state index in [0.717, 1.165) is 11.6 Å². The first kappa shape index (κ1) is 44.4. The van der Waals surface area contributed by atoms with Gasteiger partial charge in [0.25, 0.3) is 0 Å². The fourth-order valence-electron chi connectivity index (χ4n) is 7.95. The summed E-state index contributed by atoms with van der Waals surface area (Å²) < 4.78 is 55.8. The van der Waals surface area contributed by atoms with Crippen LogP contribution >= 0.6 is 0 Å². The van der Waals surface area contributed by atoms with Crippen molar-refractivity contribution in [2.24, 2.45) is 0 Å². The standard InChI is InChI=1S/C42H62N6O9SSi/c1-29-24-44(25-30(2)47(29)40(51)57-41(3,4)5)35-21-33(58(52,53)46(42(6)16-17-42)28-55-18-19-59(8,9)10)22-36-34(35)23-43-48(36)32-20-37(38(49)54-7)45(26-32)39(50)56-27-31-14-12-11-13-15-31/h11-15,21-23,29-30,32,37H,16-20,24-28H2,1-10H3/t29-,30-,32+,37-/m0/s1.